The number of carbonyl (C=O) groups excluding carboxylic acids is 4. The number of phosphoric ester groups is 2. The van der Waals surface area contributed by atoms with Gasteiger partial charge in [0.05, 0.1) is 26.4 Å². The molecule has 5 atom stereocenters. The lowest BCUT2D eigenvalue weighted by molar-refractivity contribution is -0.161. The fourth-order valence-electron chi connectivity index (χ4n) is 10.0. The lowest BCUT2D eigenvalue weighted by Crippen LogP contribution is -2.30. The van der Waals surface area contributed by atoms with Gasteiger partial charge in [-0.1, -0.05) is 269 Å². The highest BCUT2D eigenvalue weighted by molar-refractivity contribution is 7.47. The van der Waals surface area contributed by atoms with Crippen molar-refractivity contribution in [3.8, 4) is 0 Å². The van der Waals surface area contributed by atoms with E-state index in [1.54, 1.807) is 0 Å². The van der Waals surface area contributed by atoms with E-state index in [0.29, 0.717) is 32.1 Å². The third kappa shape index (κ3) is 74.9. The number of aliphatic hydroxyl groups excluding tert-OH is 1. The van der Waals surface area contributed by atoms with Crippen LogP contribution >= 0.6 is 15.6 Å². The Morgan fingerprint density at radius 2 is 0.510 bits per heavy atom. The largest absolute Gasteiger partial charge is 0.472 e. The van der Waals surface area contributed by atoms with Crippen LogP contribution in [-0.4, -0.2) is 96.7 Å². The molecule has 0 fully saturated rings. The molecular formula is C85H140O17P2. The van der Waals surface area contributed by atoms with Crippen LogP contribution < -0.4 is 0 Å². The van der Waals surface area contributed by atoms with Gasteiger partial charge in [-0.2, -0.15) is 0 Å². The third-order valence-electron chi connectivity index (χ3n) is 16.0. The minimum atomic E-state index is -5.00. The van der Waals surface area contributed by atoms with Crippen molar-refractivity contribution < 1.29 is 80.2 Å². The average molecular weight is 1500 g/mol. The number of carbonyl (C=O) groups is 4. The minimum absolute atomic E-state index is 0.0657. The van der Waals surface area contributed by atoms with E-state index in [2.05, 4.69) is 174 Å². The van der Waals surface area contributed by atoms with Gasteiger partial charge in [0, 0.05) is 25.7 Å². The van der Waals surface area contributed by atoms with Gasteiger partial charge in [0.1, 0.15) is 19.3 Å². The summed E-state index contributed by atoms with van der Waals surface area (Å²) in [4.78, 5) is 73.0. The van der Waals surface area contributed by atoms with Crippen LogP contribution in [0.3, 0.4) is 0 Å². The van der Waals surface area contributed by atoms with Crippen molar-refractivity contribution in [3.63, 3.8) is 0 Å². The van der Waals surface area contributed by atoms with Crippen molar-refractivity contribution in [2.45, 2.75) is 316 Å². The number of phosphoric acid groups is 2. The molecule has 592 valence electrons. The number of hydrogen-bond acceptors (Lipinski definition) is 15. The predicted octanol–water partition coefficient (Wildman–Crippen LogP) is 23.2. The molecule has 0 aliphatic carbocycles. The molecular weight excluding hydrogens is 1350 g/mol. The highest BCUT2D eigenvalue weighted by Crippen LogP contribution is 2.45. The van der Waals surface area contributed by atoms with Crippen molar-refractivity contribution in [1.29, 1.82) is 0 Å². The quantitative estimate of drug-likeness (QED) is 0.0169. The van der Waals surface area contributed by atoms with E-state index in [0.717, 1.165) is 193 Å². The lowest BCUT2D eigenvalue weighted by atomic mass is 10.1. The number of esters is 4. The molecule has 19 heteroatoms. The fourth-order valence-corrected chi connectivity index (χ4v) is 11.6. The molecule has 5 unspecified atom stereocenters. The molecule has 104 heavy (non-hydrogen) atoms. The molecule has 0 aromatic carbocycles. The minimum Gasteiger partial charge on any atom is -0.462 e. The van der Waals surface area contributed by atoms with E-state index in [1.807, 2.05) is 12.2 Å². The van der Waals surface area contributed by atoms with Crippen LogP contribution in [0.2, 0.25) is 0 Å². The van der Waals surface area contributed by atoms with E-state index in [1.165, 1.54) is 19.3 Å². The second kappa shape index (κ2) is 75.9. The van der Waals surface area contributed by atoms with Crippen LogP contribution in [0.1, 0.15) is 297 Å². The Bertz CT molecular complexity index is 2590. The Labute approximate surface area is 629 Å². The van der Waals surface area contributed by atoms with Crippen molar-refractivity contribution in [2.24, 2.45) is 0 Å². The summed E-state index contributed by atoms with van der Waals surface area (Å²) in [5.74, 6) is -2.29. The summed E-state index contributed by atoms with van der Waals surface area (Å²) in [6.07, 6.45) is 88.0. The predicted molar refractivity (Wildman–Crippen MR) is 427 cm³/mol. The number of ether oxygens (including phenoxy) is 4. The van der Waals surface area contributed by atoms with E-state index in [9.17, 15) is 43.2 Å². The van der Waals surface area contributed by atoms with E-state index >= 15 is 0 Å². The van der Waals surface area contributed by atoms with Gasteiger partial charge in [-0.3, -0.25) is 37.3 Å². The molecule has 0 aromatic heterocycles. The number of hydrogen-bond donors (Lipinski definition) is 3. The van der Waals surface area contributed by atoms with Gasteiger partial charge < -0.3 is 33.8 Å². The van der Waals surface area contributed by atoms with Gasteiger partial charge >= 0.3 is 39.5 Å². The number of aliphatic hydroxyl groups is 1. The lowest BCUT2D eigenvalue weighted by Gasteiger charge is -2.21. The van der Waals surface area contributed by atoms with Gasteiger partial charge in [-0.15, -0.1) is 0 Å². The molecule has 0 heterocycles. The maximum atomic E-state index is 13.1. The Morgan fingerprint density at radius 3 is 0.808 bits per heavy atom. The van der Waals surface area contributed by atoms with Crippen molar-refractivity contribution >= 4 is 39.5 Å². The summed E-state index contributed by atoms with van der Waals surface area (Å²) in [6, 6.07) is 0. The molecule has 0 aliphatic heterocycles. The molecule has 3 N–H and O–H groups in total. The summed E-state index contributed by atoms with van der Waals surface area (Å²) in [6.45, 7) is 4.40. The van der Waals surface area contributed by atoms with Crippen LogP contribution in [0, 0.1) is 0 Å². The molecule has 0 radical (unpaired) electrons. The summed E-state index contributed by atoms with van der Waals surface area (Å²) in [7, 11) is -10.00. The zero-order valence-electron chi connectivity index (χ0n) is 64.6. The van der Waals surface area contributed by atoms with E-state index in [4.69, 9.17) is 37.0 Å². The van der Waals surface area contributed by atoms with Crippen LogP contribution in [-0.2, 0) is 65.4 Å². The highest BCUT2D eigenvalue weighted by Gasteiger charge is 2.30. The van der Waals surface area contributed by atoms with Crippen LogP contribution in [0.4, 0.5) is 0 Å². The Balaban J connectivity index is 5.46. The van der Waals surface area contributed by atoms with Gasteiger partial charge in [-0.05, 0) is 161 Å². The maximum Gasteiger partial charge on any atom is 0.472 e. The van der Waals surface area contributed by atoms with Gasteiger partial charge in [0.2, 0.25) is 0 Å². The third-order valence-corrected chi connectivity index (χ3v) is 17.9. The average Bonchev–Trinajstić information content (AvgIpc) is 0.926. The first-order chi connectivity index (χ1) is 50.7. The summed E-state index contributed by atoms with van der Waals surface area (Å²) in [5, 5.41) is 10.6. The zero-order valence-corrected chi connectivity index (χ0v) is 66.4. The molecule has 0 saturated heterocycles. The van der Waals surface area contributed by atoms with Gasteiger partial charge in [-0.25, -0.2) is 9.13 Å². The van der Waals surface area contributed by atoms with Crippen LogP contribution in [0.25, 0.3) is 0 Å². The number of allylic oxidation sites excluding steroid dienone is 26. The summed E-state index contributed by atoms with van der Waals surface area (Å²) < 4.78 is 68.5. The normalized spacial score (nSPS) is 14.7. The monoisotopic (exact) mass is 1490 g/mol. The second-order valence-corrected chi connectivity index (χ2v) is 28.8. The molecule has 0 bridgehead atoms. The van der Waals surface area contributed by atoms with Crippen LogP contribution in [0.15, 0.2) is 158 Å². The maximum absolute atomic E-state index is 13.1. The van der Waals surface area contributed by atoms with Crippen molar-refractivity contribution in [2.75, 3.05) is 39.6 Å². The highest BCUT2D eigenvalue weighted by atomic mass is 31.2. The van der Waals surface area contributed by atoms with Crippen molar-refractivity contribution in [3.05, 3.63) is 158 Å². The topological polar surface area (TPSA) is 237 Å². The van der Waals surface area contributed by atoms with Gasteiger partial charge in [0.15, 0.2) is 12.2 Å². The molecule has 0 spiro atoms. The first-order valence-electron chi connectivity index (χ1n) is 39.7. The van der Waals surface area contributed by atoms with E-state index in [-0.39, 0.29) is 25.7 Å². The molecule has 0 aliphatic rings. The first-order valence-corrected chi connectivity index (χ1v) is 42.7. The molecule has 0 rings (SSSR count). The molecule has 0 aromatic rings. The van der Waals surface area contributed by atoms with Gasteiger partial charge in [0.25, 0.3) is 0 Å². The smallest absolute Gasteiger partial charge is 0.462 e. The molecule has 0 saturated carbocycles. The zero-order chi connectivity index (χ0) is 76.0. The molecule has 17 nitrogen and oxygen atoms in total. The number of unbranched alkanes of at least 4 members (excludes halogenated alkanes) is 21. The fraction of sp³-hybridized carbons (Fsp3) is 0.647. The van der Waals surface area contributed by atoms with Crippen LogP contribution in [0.5, 0.6) is 0 Å². The second-order valence-electron chi connectivity index (χ2n) is 25.9. The van der Waals surface area contributed by atoms with Crippen molar-refractivity contribution in [1.82, 2.24) is 0 Å². The Morgan fingerprint density at radius 1 is 0.279 bits per heavy atom. The SMILES string of the molecule is CC/C=C\C/C=C\C/C=C\C/C=C\C/C=C\CCCC(=O)OCC(COP(=O)(O)OCC(O)COP(=O)(O)OCC(COC(=O)CCCCCCC/C=C\C/C=C\C/C=C\CC)OC(=O)CCCCCCC/C=C\C/C=C\CCCCC)OC(=O)CCCCCCCCC/C=C\C/C=C\C/C=C\CC. The Kier molecular flexibility index (Phi) is 72.0. The first kappa shape index (κ1) is 98.7. The summed E-state index contributed by atoms with van der Waals surface area (Å²) in [5.41, 5.74) is 0. The molecule has 0 amide bonds. The number of rotatable bonds is 73. The summed E-state index contributed by atoms with van der Waals surface area (Å²) >= 11 is 0. The standard InChI is InChI=1S/C85H140O17P2/c1-5-9-13-17-21-25-29-33-37-39-43-46-50-54-58-62-66-70-83(88)96-76-81(102-85(90)72-68-64-60-56-52-48-44-40-38-34-30-26-22-18-14-10-6-2)78-100-104(93,94)98-74-79(86)73-97-103(91,92)99-77-80(101-84(89)71-67-63-59-55-51-47-42-36-32-28-24-20-16-12-8-4)75-95-82(87)69-65-61-57-53-49-45-41-35-31-27-23-19-15-11-7-3/h9-11,13-15,21-28,33-38,41-43,46,54,58,79-81,86H,5-8,12,16-20,29-32,39-40,44-45,47-53,55-57,59-78H2,1-4H3,(H,91,92)(H,93,94)/b13-9-,14-10-,15-11-,25-21-,26-22-,27-23-,28-24-,37-33-,38-34-,41-35-,42-36-,46-43-,58-54-. The van der Waals surface area contributed by atoms with E-state index < -0.39 is 97.5 Å². The Hall–Kier alpha value is -5.32.